The number of nitrogens with one attached hydrogen (secondary N) is 1. The fourth-order valence-electron chi connectivity index (χ4n) is 2.93. The van der Waals surface area contributed by atoms with Gasteiger partial charge in [0.15, 0.2) is 0 Å². The second kappa shape index (κ2) is 5.63. The van der Waals surface area contributed by atoms with Crippen LogP contribution in [0, 0.1) is 5.82 Å². The maximum atomic E-state index is 13.0. The first-order chi connectivity index (χ1) is 8.27. The summed E-state index contributed by atoms with van der Waals surface area (Å²) in [5.41, 5.74) is 1.56. The first kappa shape index (κ1) is 12.6. The van der Waals surface area contributed by atoms with Crippen molar-refractivity contribution in [3.63, 3.8) is 0 Å². The second-order valence-corrected chi connectivity index (χ2v) is 5.17. The van der Waals surface area contributed by atoms with Gasteiger partial charge in [0.05, 0.1) is 0 Å². The monoisotopic (exact) mass is 235 g/mol. The standard InChI is InChI=1S/C15H22FN/c1-2-11-17-12-15(9-3-4-10-15)13-5-7-14(16)8-6-13/h5-8,17H,2-4,9-12H2,1H3. The van der Waals surface area contributed by atoms with Crippen LogP contribution in [0.25, 0.3) is 0 Å². The molecule has 1 fully saturated rings. The van der Waals surface area contributed by atoms with E-state index in [-0.39, 0.29) is 11.2 Å². The highest BCUT2D eigenvalue weighted by atomic mass is 19.1. The van der Waals surface area contributed by atoms with Crippen molar-refractivity contribution in [1.29, 1.82) is 0 Å². The van der Waals surface area contributed by atoms with Crippen LogP contribution in [0.4, 0.5) is 4.39 Å². The lowest BCUT2D eigenvalue weighted by Crippen LogP contribution is -2.36. The van der Waals surface area contributed by atoms with E-state index in [0.29, 0.717) is 0 Å². The molecule has 2 heteroatoms. The molecule has 0 saturated heterocycles. The van der Waals surface area contributed by atoms with Gasteiger partial charge in [0, 0.05) is 12.0 Å². The molecule has 0 spiro atoms. The normalized spacial score (nSPS) is 18.5. The molecule has 0 bridgehead atoms. The number of rotatable bonds is 5. The lowest BCUT2D eigenvalue weighted by atomic mass is 9.79. The molecule has 17 heavy (non-hydrogen) atoms. The summed E-state index contributed by atoms with van der Waals surface area (Å²) < 4.78 is 13.0. The molecule has 1 aliphatic carbocycles. The van der Waals surface area contributed by atoms with Crippen molar-refractivity contribution in [2.45, 2.75) is 44.4 Å². The van der Waals surface area contributed by atoms with E-state index in [4.69, 9.17) is 0 Å². The van der Waals surface area contributed by atoms with Crippen LogP contribution in [0.3, 0.4) is 0 Å². The number of halogens is 1. The highest BCUT2D eigenvalue weighted by molar-refractivity contribution is 5.27. The smallest absolute Gasteiger partial charge is 0.123 e. The second-order valence-electron chi connectivity index (χ2n) is 5.17. The van der Waals surface area contributed by atoms with Crippen molar-refractivity contribution < 1.29 is 4.39 Å². The van der Waals surface area contributed by atoms with Crippen LogP contribution in [0.1, 0.15) is 44.6 Å². The van der Waals surface area contributed by atoms with E-state index in [1.54, 1.807) is 12.1 Å². The van der Waals surface area contributed by atoms with Crippen molar-refractivity contribution in [1.82, 2.24) is 5.32 Å². The van der Waals surface area contributed by atoms with Gasteiger partial charge in [-0.25, -0.2) is 4.39 Å². The average molecular weight is 235 g/mol. The van der Waals surface area contributed by atoms with Gasteiger partial charge in [0.1, 0.15) is 5.82 Å². The van der Waals surface area contributed by atoms with Crippen molar-refractivity contribution in [3.8, 4) is 0 Å². The Balaban J connectivity index is 2.12. The number of benzene rings is 1. The summed E-state index contributed by atoms with van der Waals surface area (Å²) in [4.78, 5) is 0. The molecule has 0 aliphatic heterocycles. The van der Waals surface area contributed by atoms with Crippen LogP contribution in [0.5, 0.6) is 0 Å². The van der Waals surface area contributed by atoms with E-state index in [9.17, 15) is 4.39 Å². The van der Waals surface area contributed by atoms with Gasteiger partial charge in [-0.2, -0.15) is 0 Å². The van der Waals surface area contributed by atoms with Gasteiger partial charge in [0.25, 0.3) is 0 Å². The number of hydrogen-bond acceptors (Lipinski definition) is 1. The fraction of sp³-hybridized carbons (Fsp3) is 0.600. The molecule has 0 aromatic heterocycles. The van der Waals surface area contributed by atoms with Crippen LogP contribution >= 0.6 is 0 Å². The van der Waals surface area contributed by atoms with Crippen molar-refractivity contribution in [3.05, 3.63) is 35.6 Å². The maximum absolute atomic E-state index is 13.0. The Morgan fingerprint density at radius 1 is 1.18 bits per heavy atom. The van der Waals surface area contributed by atoms with Crippen LogP contribution in [0.2, 0.25) is 0 Å². The zero-order valence-electron chi connectivity index (χ0n) is 10.6. The highest BCUT2D eigenvalue weighted by Crippen LogP contribution is 2.40. The summed E-state index contributed by atoms with van der Waals surface area (Å²) in [6, 6.07) is 7.12. The largest absolute Gasteiger partial charge is 0.316 e. The molecular formula is C15H22FN. The molecule has 1 aromatic carbocycles. The van der Waals surface area contributed by atoms with Gasteiger partial charge in [-0.05, 0) is 43.5 Å². The van der Waals surface area contributed by atoms with Crippen molar-refractivity contribution in [2.24, 2.45) is 0 Å². The van der Waals surface area contributed by atoms with Gasteiger partial charge in [0.2, 0.25) is 0 Å². The zero-order valence-corrected chi connectivity index (χ0v) is 10.6. The van der Waals surface area contributed by atoms with Gasteiger partial charge in [-0.3, -0.25) is 0 Å². The molecule has 0 atom stereocenters. The van der Waals surface area contributed by atoms with Gasteiger partial charge in [-0.15, -0.1) is 0 Å². The Morgan fingerprint density at radius 2 is 1.82 bits per heavy atom. The summed E-state index contributed by atoms with van der Waals surface area (Å²) in [7, 11) is 0. The topological polar surface area (TPSA) is 12.0 Å². The van der Waals surface area contributed by atoms with E-state index in [1.165, 1.54) is 37.7 Å². The van der Waals surface area contributed by atoms with E-state index in [0.717, 1.165) is 13.1 Å². The average Bonchev–Trinajstić information content (AvgIpc) is 2.80. The quantitative estimate of drug-likeness (QED) is 0.768. The third-order valence-corrected chi connectivity index (χ3v) is 3.91. The SMILES string of the molecule is CCCNCC1(c2ccc(F)cc2)CCCC1. The Labute approximate surface area is 103 Å². The molecule has 1 N–H and O–H groups in total. The third kappa shape index (κ3) is 2.86. The molecule has 1 aliphatic rings. The Bertz CT molecular complexity index is 338. The van der Waals surface area contributed by atoms with Gasteiger partial charge in [-0.1, -0.05) is 31.9 Å². The summed E-state index contributed by atoms with van der Waals surface area (Å²) in [6.07, 6.45) is 6.22. The molecule has 2 rings (SSSR count). The summed E-state index contributed by atoms with van der Waals surface area (Å²) in [5, 5.41) is 3.54. The molecule has 1 aromatic rings. The molecule has 0 heterocycles. The summed E-state index contributed by atoms with van der Waals surface area (Å²) >= 11 is 0. The van der Waals surface area contributed by atoms with Crippen LogP contribution in [-0.4, -0.2) is 13.1 Å². The maximum Gasteiger partial charge on any atom is 0.123 e. The van der Waals surface area contributed by atoms with Crippen LogP contribution in [-0.2, 0) is 5.41 Å². The van der Waals surface area contributed by atoms with Gasteiger partial charge < -0.3 is 5.32 Å². The van der Waals surface area contributed by atoms with Gasteiger partial charge >= 0.3 is 0 Å². The molecular weight excluding hydrogens is 213 g/mol. The lowest BCUT2D eigenvalue weighted by Gasteiger charge is -2.30. The van der Waals surface area contributed by atoms with E-state index < -0.39 is 0 Å². The van der Waals surface area contributed by atoms with E-state index in [1.807, 2.05) is 12.1 Å². The Hall–Kier alpha value is -0.890. The lowest BCUT2D eigenvalue weighted by molar-refractivity contribution is 0.405. The van der Waals surface area contributed by atoms with E-state index >= 15 is 0 Å². The minimum Gasteiger partial charge on any atom is -0.316 e. The predicted octanol–water partition coefficient (Wildman–Crippen LogP) is 3.64. The minimum atomic E-state index is -0.136. The Kier molecular flexibility index (Phi) is 4.16. The molecule has 0 unspecified atom stereocenters. The molecule has 0 amide bonds. The van der Waals surface area contributed by atoms with Crippen molar-refractivity contribution >= 4 is 0 Å². The molecule has 1 nitrogen and oxygen atoms in total. The highest BCUT2D eigenvalue weighted by Gasteiger charge is 2.34. The summed E-state index contributed by atoms with van der Waals surface area (Å²) in [6.45, 7) is 4.29. The molecule has 1 saturated carbocycles. The van der Waals surface area contributed by atoms with Crippen LogP contribution < -0.4 is 5.32 Å². The molecule has 0 radical (unpaired) electrons. The Morgan fingerprint density at radius 3 is 2.41 bits per heavy atom. The summed E-state index contributed by atoms with van der Waals surface area (Å²) in [5.74, 6) is -0.136. The predicted molar refractivity (Wildman–Crippen MR) is 69.7 cm³/mol. The molecule has 94 valence electrons. The zero-order chi connectivity index (χ0) is 12.1. The first-order valence-electron chi connectivity index (χ1n) is 6.74. The minimum absolute atomic E-state index is 0.136. The van der Waals surface area contributed by atoms with E-state index in [2.05, 4.69) is 12.2 Å². The third-order valence-electron chi connectivity index (χ3n) is 3.91. The first-order valence-corrected chi connectivity index (χ1v) is 6.74. The van der Waals surface area contributed by atoms with Crippen molar-refractivity contribution in [2.75, 3.05) is 13.1 Å². The van der Waals surface area contributed by atoms with Crippen LogP contribution in [0.15, 0.2) is 24.3 Å². The number of hydrogen-bond donors (Lipinski definition) is 1. The fourth-order valence-corrected chi connectivity index (χ4v) is 2.93.